The first kappa shape index (κ1) is 11.1. The van der Waals surface area contributed by atoms with E-state index in [1.807, 2.05) is 0 Å². The second kappa shape index (κ2) is 4.01. The molecule has 1 heterocycles. The first-order valence-electron chi connectivity index (χ1n) is 4.31. The third-order valence-electron chi connectivity index (χ3n) is 1.70. The van der Waals surface area contributed by atoms with Crippen molar-refractivity contribution in [3.8, 4) is 18.2 Å². The maximum absolute atomic E-state index is 10.8. The minimum Gasteiger partial charge on any atom is -0.477 e. The number of ether oxygens (including phenoxy) is 1. The number of rotatable bonds is 3. The zero-order chi connectivity index (χ0) is 11.5. The highest BCUT2D eigenvalue weighted by Crippen LogP contribution is 2.19. The predicted octanol–water partition coefficient (Wildman–Crippen LogP) is 1.57. The summed E-state index contributed by atoms with van der Waals surface area (Å²) in [5.41, 5.74) is -0.876. The molecule has 0 amide bonds. The average Bonchev–Trinajstić information content (AvgIpc) is 2.18. The summed E-state index contributed by atoms with van der Waals surface area (Å²) >= 11 is 0. The van der Waals surface area contributed by atoms with Crippen molar-refractivity contribution in [3.05, 3.63) is 23.9 Å². The van der Waals surface area contributed by atoms with Crippen molar-refractivity contribution < 1.29 is 14.6 Å². The van der Waals surface area contributed by atoms with E-state index in [9.17, 15) is 4.79 Å². The quantitative estimate of drug-likeness (QED) is 0.761. The molecule has 1 aromatic heterocycles. The van der Waals surface area contributed by atoms with Crippen molar-refractivity contribution in [1.29, 1.82) is 0 Å². The highest BCUT2D eigenvalue weighted by molar-refractivity contribution is 5.90. The average molecular weight is 205 g/mol. The van der Waals surface area contributed by atoms with Gasteiger partial charge >= 0.3 is 5.97 Å². The second-order valence-corrected chi connectivity index (χ2v) is 3.42. The molecule has 0 radical (unpaired) electrons. The Morgan fingerprint density at radius 2 is 2.33 bits per heavy atom. The van der Waals surface area contributed by atoms with Crippen LogP contribution in [0.25, 0.3) is 0 Å². The van der Waals surface area contributed by atoms with Crippen LogP contribution in [0.3, 0.4) is 0 Å². The van der Waals surface area contributed by atoms with E-state index in [1.165, 1.54) is 18.3 Å². The zero-order valence-electron chi connectivity index (χ0n) is 8.52. The van der Waals surface area contributed by atoms with Crippen LogP contribution in [0.5, 0.6) is 5.88 Å². The van der Waals surface area contributed by atoms with Gasteiger partial charge in [-0.1, -0.05) is 5.92 Å². The number of pyridine rings is 1. The molecule has 1 N–H and O–H groups in total. The summed E-state index contributed by atoms with van der Waals surface area (Å²) in [6, 6.07) is 2.94. The van der Waals surface area contributed by atoms with Crippen LogP contribution < -0.4 is 4.74 Å². The summed E-state index contributed by atoms with van der Waals surface area (Å²) in [6.07, 6.45) is 6.68. The van der Waals surface area contributed by atoms with Gasteiger partial charge in [0.1, 0.15) is 5.56 Å². The van der Waals surface area contributed by atoms with Gasteiger partial charge in [-0.05, 0) is 26.0 Å². The van der Waals surface area contributed by atoms with Crippen LogP contribution in [0, 0.1) is 12.3 Å². The fraction of sp³-hybridized carbons (Fsp3) is 0.273. The number of aromatic carboxylic acids is 1. The molecule has 78 valence electrons. The molecule has 1 aromatic rings. The Bertz CT molecular complexity index is 418. The van der Waals surface area contributed by atoms with E-state index < -0.39 is 11.6 Å². The third kappa shape index (κ3) is 2.71. The van der Waals surface area contributed by atoms with E-state index in [-0.39, 0.29) is 11.4 Å². The molecule has 0 bridgehead atoms. The standard InChI is InChI=1S/C11H11NO3/c1-4-11(2,3)15-9-8(10(13)14)6-5-7-12-9/h1,5-7H,2-3H3,(H,13,14). The predicted molar refractivity (Wildman–Crippen MR) is 54.7 cm³/mol. The van der Waals surface area contributed by atoms with Gasteiger partial charge in [0.25, 0.3) is 0 Å². The molecule has 0 fully saturated rings. The van der Waals surface area contributed by atoms with Crippen molar-refractivity contribution in [2.24, 2.45) is 0 Å². The minimum absolute atomic E-state index is 0.000764. The summed E-state index contributed by atoms with van der Waals surface area (Å²) in [5.74, 6) is 1.34. The summed E-state index contributed by atoms with van der Waals surface area (Å²) in [4.78, 5) is 14.7. The molecule has 15 heavy (non-hydrogen) atoms. The third-order valence-corrected chi connectivity index (χ3v) is 1.70. The van der Waals surface area contributed by atoms with Crippen molar-refractivity contribution in [1.82, 2.24) is 4.98 Å². The van der Waals surface area contributed by atoms with Crippen molar-refractivity contribution in [2.75, 3.05) is 0 Å². The van der Waals surface area contributed by atoms with Crippen LogP contribution in [-0.2, 0) is 0 Å². The van der Waals surface area contributed by atoms with Gasteiger partial charge in [0.15, 0.2) is 5.60 Å². The van der Waals surface area contributed by atoms with E-state index >= 15 is 0 Å². The lowest BCUT2D eigenvalue weighted by atomic mass is 10.1. The zero-order valence-corrected chi connectivity index (χ0v) is 8.52. The van der Waals surface area contributed by atoms with E-state index in [2.05, 4.69) is 10.9 Å². The number of carbonyl (C=O) groups is 1. The molecule has 0 unspecified atom stereocenters. The first-order chi connectivity index (χ1) is 6.96. The lowest BCUT2D eigenvalue weighted by Crippen LogP contribution is -2.27. The Hall–Kier alpha value is -2.02. The van der Waals surface area contributed by atoms with Gasteiger partial charge in [0.05, 0.1) is 0 Å². The van der Waals surface area contributed by atoms with Crippen molar-refractivity contribution >= 4 is 5.97 Å². The molecular formula is C11H11NO3. The molecule has 0 saturated carbocycles. The van der Waals surface area contributed by atoms with E-state index in [0.29, 0.717) is 0 Å². The Morgan fingerprint density at radius 1 is 1.67 bits per heavy atom. The number of hydrogen-bond donors (Lipinski definition) is 1. The van der Waals surface area contributed by atoms with Crippen molar-refractivity contribution in [2.45, 2.75) is 19.4 Å². The molecule has 0 spiro atoms. The van der Waals surface area contributed by atoms with Crippen molar-refractivity contribution in [3.63, 3.8) is 0 Å². The summed E-state index contributed by atoms with van der Waals surface area (Å²) < 4.78 is 5.32. The lowest BCUT2D eigenvalue weighted by molar-refractivity contribution is 0.0684. The van der Waals surface area contributed by atoms with Crippen LogP contribution in [0.4, 0.5) is 0 Å². The molecule has 4 heteroatoms. The van der Waals surface area contributed by atoms with E-state index in [4.69, 9.17) is 16.3 Å². The van der Waals surface area contributed by atoms with Gasteiger partial charge < -0.3 is 9.84 Å². The summed E-state index contributed by atoms with van der Waals surface area (Å²) in [7, 11) is 0. The number of carboxylic acid groups (broad SMARTS) is 1. The second-order valence-electron chi connectivity index (χ2n) is 3.42. The van der Waals surface area contributed by atoms with Gasteiger partial charge in [0.2, 0.25) is 5.88 Å². The summed E-state index contributed by atoms with van der Waals surface area (Å²) in [6.45, 7) is 3.32. The number of aromatic nitrogens is 1. The van der Waals surface area contributed by atoms with Gasteiger partial charge in [-0.3, -0.25) is 0 Å². The van der Waals surface area contributed by atoms with Gasteiger partial charge in [-0.25, -0.2) is 9.78 Å². The maximum Gasteiger partial charge on any atom is 0.341 e. The van der Waals surface area contributed by atoms with Gasteiger partial charge in [-0.15, -0.1) is 6.42 Å². The monoisotopic (exact) mass is 205 g/mol. The number of carboxylic acids is 1. The molecule has 4 nitrogen and oxygen atoms in total. The molecule has 0 aromatic carbocycles. The topological polar surface area (TPSA) is 59.4 Å². The fourth-order valence-corrected chi connectivity index (χ4v) is 0.906. The smallest absolute Gasteiger partial charge is 0.341 e. The Kier molecular flexibility index (Phi) is 2.96. The van der Waals surface area contributed by atoms with Crippen LogP contribution in [0.2, 0.25) is 0 Å². The molecule has 0 aliphatic rings. The molecular weight excluding hydrogens is 194 g/mol. The fourth-order valence-electron chi connectivity index (χ4n) is 0.906. The maximum atomic E-state index is 10.8. The number of terminal acetylenes is 1. The minimum atomic E-state index is -1.09. The molecule has 0 atom stereocenters. The largest absolute Gasteiger partial charge is 0.477 e. The molecule has 0 aliphatic heterocycles. The first-order valence-corrected chi connectivity index (χ1v) is 4.31. The number of hydrogen-bond acceptors (Lipinski definition) is 3. The molecule has 0 aliphatic carbocycles. The van der Waals surface area contributed by atoms with E-state index in [1.54, 1.807) is 13.8 Å². The van der Waals surface area contributed by atoms with Crippen LogP contribution in [-0.4, -0.2) is 21.7 Å². The molecule has 1 rings (SSSR count). The van der Waals surface area contributed by atoms with E-state index in [0.717, 1.165) is 0 Å². The lowest BCUT2D eigenvalue weighted by Gasteiger charge is -2.19. The van der Waals surface area contributed by atoms with Crippen LogP contribution in [0.1, 0.15) is 24.2 Å². The molecule has 0 saturated heterocycles. The SMILES string of the molecule is C#CC(C)(C)Oc1ncccc1C(=O)O. The van der Waals surface area contributed by atoms with Crippen LogP contribution in [0.15, 0.2) is 18.3 Å². The highest BCUT2D eigenvalue weighted by Gasteiger charge is 2.20. The highest BCUT2D eigenvalue weighted by atomic mass is 16.5. The number of nitrogens with zero attached hydrogens (tertiary/aromatic N) is 1. The van der Waals surface area contributed by atoms with Gasteiger partial charge in [0, 0.05) is 6.20 Å². The van der Waals surface area contributed by atoms with Crippen LogP contribution >= 0.6 is 0 Å². The Balaban J connectivity index is 3.06. The summed E-state index contributed by atoms with van der Waals surface area (Å²) in [5, 5.41) is 8.86. The normalized spacial score (nSPS) is 10.5. The Morgan fingerprint density at radius 3 is 2.87 bits per heavy atom. The van der Waals surface area contributed by atoms with Gasteiger partial charge in [-0.2, -0.15) is 0 Å². The Labute approximate surface area is 87.9 Å².